The summed E-state index contributed by atoms with van der Waals surface area (Å²) < 4.78 is 4.47. The number of nitrogens with zero attached hydrogens (tertiary/aromatic N) is 2. The second-order valence-electron chi connectivity index (χ2n) is 2.45. The molecule has 0 unspecified atom stereocenters. The molecule has 0 saturated carbocycles. The van der Waals surface area contributed by atoms with E-state index in [1.807, 2.05) is 0 Å². The van der Waals surface area contributed by atoms with Gasteiger partial charge in [0, 0.05) is 18.9 Å². The van der Waals surface area contributed by atoms with Crippen molar-refractivity contribution in [2.45, 2.75) is 6.42 Å². The first-order valence-electron chi connectivity index (χ1n) is 4.01. The van der Waals surface area contributed by atoms with Gasteiger partial charge in [-0.25, -0.2) is 9.97 Å². The van der Waals surface area contributed by atoms with E-state index in [-0.39, 0.29) is 17.5 Å². The van der Waals surface area contributed by atoms with E-state index in [4.69, 9.17) is 11.6 Å². The van der Waals surface area contributed by atoms with Crippen molar-refractivity contribution in [2.24, 2.45) is 0 Å². The number of carbonyl (C=O) groups is 1. The fraction of sp³-hybridized carbons (Fsp3) is 0.375. The Morgan fingerprint density at radius 3 is 2.93 bits per heavy atom. The van der Waals surface area contributed by atoms with E-state index in [2.05, 4.69) is 20.0 Å². The maximum Gasteiger partial charge on any atom is 0.307 e. The predicted octanol–water partition coefficient (Wildman–Crippen LogP) is 1.10. The van der Waals surface area contributed by atoms with Gasteiger partial charge < -0.3 is 10.1 Å². The summed E-state index contributed by atoms with van der Waals surface area (Å²) in [6, 6.07) is 0. The van der Waals surface area contributed by atoms with Crippen molar-refractivity contribution < 1.29 is 9.53 Å². The highest BCUT2D eigenvalue weighted by Crippen LogP contribution is 2.13. The molecule has 0 saturated heterocycles. The summed E-state index contributed by atoms with van der Waals surface area (Å²) in [5.74, 6) is 0.190. The highest BCUT2D eigenvalue weighted by Gasteiger charge is 2.03. The molecule has 0 aliphatic heterocycles. The zero-order valence-corrected chi connectivity index (χ0v) is 8.41. The summed E-state index contributed by atoms with van der Waals surface area (Å²) in [4.78, 5) is 18.5. The summed E-state index contributed by atoms with van der Waals surface area (Å²) in [5.41, 5.74) is 0. The molecule has 0 aromatic carbocycles. The lowest BCUT2D eigenvalue weighted by Gasteiger charge is -2.04. The number of rotatable bonds is 4. The van der Waals surface area contributed by atoms with E-state index in [0.717, 1.165) is 0 Å². The normalized spacial score (nSPS) is 9.57. The minimum atomic E-state index is -0.280. The van der Waals surface area contributed by atoms with Crippen molar-refractivity contribution in [1.29, 1.82) is 0 Å². The van der Waals surface area contributed by atoms with Crippen molar-refractivity contribution in [3.8, 4) is 0 Å². The number of nitrogens with one attached hydrogen (secondary N) is 1. The van der Waals surface area contributed by atoms with Crippen LogP contribution in [0.3, 0.4) is 0 Å². The van der Waals surface area contributed by atoms with Crippen LogP contribution < -0.4 is 5.32 Å². The van der Waals surface area contributed by atoms with E-state index in [0.29, 0.717) is 12.4 Å². The molecule has 1 heterocycles. The van der Waals surface area contributed by atoms with E-state index < -0.39 is 0 Å². The van der Waals surface area contributed by atoms with Crippen LogP contribution in [-0.2, 0) is 9.53 Å². The Morgan fingerprint density at radius 1 is 1.57 bits per heavy atom. The van der Waals surface area contributed by atoms with Crippen LogP contribution in [0.2, 0.25) is 5.15 Å². The van der Waals surface area contributed by atoms with Crippen LogP contribution in [0, 0.1) is 0 Å². The van der Waals surface area contributed by atoms with Crippen LogP contribution in [0.5, 0.6) is 0 Å². The maximum absolute atomic E-state index is 10.8. The Bertz CT molecular complexity index is 319. The van der Waals surface area contributed by atoms with Gasteiger partial charge in [-0.05, 0) is 0 Å². The van der Waals surface area contributed by atoms with E-state index >= 15 is 0 Å². The van der Waals surface area contributed by atoms with Crippen molar-refractivity contribution in [2.75, 3.05) is 19.0 Å². The molecular formula is C8H10ClN3O2. The van der Waals surface area contributed by atoms with Gasteiger partial charge in [0.25, 0.3) is 0 Å². The minimum absolute atomic E-state index is 0.267. The average Bonchev–Trinajstić information content (AvgIpc) is 2.20. The third-order valence-electron chi connectivity index (χ3n) is 1.50. The fourth-order valence-corrected chi connectivity index (χ4v) is 0.997. The van der Waals surface area contributed by atoms with Gasteiger partial charge in [0.2, 0.25) is 0 Å². The third kappa shape index (κ3) is 3.18. The summed E-state index contributed by atoms with van der Waals surface area (Å²) in [6.07, 6.45) is 3.28. The summed E-state index contributed by atoms with van der Waals surface area (Å²) in [5, 5.41) is 3.16. The van der Waals surface area contributed by atoms with Crippen molar-refractivity contribution in [3.63, 3.8) is 0 Å². The predicted molar refractivity (Wildman–Crippen MR) is 52.2 cm³/mol. The standard InChI is InChI=1S/C8H10ClN3O2/c1-14-6(13)2-3-11-8-7(9)10-4-5-12-8/h4-5H,2-3H2,1H3,(H,11,12). The molecule has 5 nitrogen and oxygen atoms in total. The van der Waals surface area contributed by atoms with Gasteiger partial charge in [0.15, 0.2) is 11.0 Å². The Hall–Kier alpha value is -1.36. The number of aromatic nitrogens is 2. The monoisotopic (exact) mass is 215 g/mol. The number of hydrogen-bond acceptors (Lipinski definition) is 5. The van der Waals surface area contributed by atoms with Gasteiger partial charge >= 0.3 is 5.97 Å². The molecule has 0 fully saturated rings. The highest BCUT2D eigenvalue weighted by molar-refractivity contribution is 6.31. The number of anilines is 1. The van der Waals surface area contributed by atoms with Crippen LogP contribution in [0.25, 0.3) is 0 Å². The molecule has 1 aromatic rings. The van der Waals surface area contributed by atoms with Crippen molar-refractivity contribution >= 4 is 23.4 Å². The van der Waals surface area contributed by atoms with E-state index in [1.165, 1.54) is 19.5 Å². The Kier molecular flexibility index (Phi) is 4.12. The smallest absolute Gasteiger partial charge is 0.307 e. The van der Waals surface area contributed by atoms with Crippen molar-refractivity contribution in [1.82, 2.24) is 9.97 Å². The van der Waals surface area contributed by atoms with Gasteiger partial charge in [0.1, 0.15) is 0 Å². The fourth-order valence-electron chi connectivity index (χ4n) is 0.825. The second kappa shape index (κ2) is 5.39. The van der Waals surface area contributed by atoms with Crippen LogP contribution in [0.15, 0.2) is 12.4 Å². The van der Waals surface area contributed by atoms with Crippen LogP contribution in [0.4, 0.5) is 5.82 Å². The number of esters is 1. The summed E-state index contributed by atoms with van der Waals surface area (Å²) in [6.45, 7) is 0.422. The van der Waals surface area contributed by atoms with Crippen LogP contribution in [0.1, 0.15) is 6.42 Å². The Labute approximate surface area is 86.5 Å². The molecule has 0 aliphatic carbocycles. The average molecular weight is 216 g/mol. The first-order chi connectivity index (χ1) is 6.74. The first-order valence-corrected chi connectivity index (χ1v) is 4.39. The van der Waals surface area contributed by atoms with Crippen LogP contribution in [-0.4, -0.2) is 29.6 Å². The summed E-state index contributed by atoms with van der Waals surface area (Å²) in [7, 11) is 1.34. The largest absolute Gasteiger partial charge is 0.469 e. The zero-order chi connectivity index (χ0) is 10.4. The molecule has 6 heteroatoms. The zero-order valence-electron chi connectivity index (χ0n) is 7.66. The molecule has 0 bridgehead atoms. The number of hydrogen-bond donors (Lipinski definition) is 1. The number of ether oxygens (including phenoxy) is 1. The summed E-state index contributed by atoms with van der Waals surface area (Å²) >= 11 is 5.72. The molecule has 0 amide bonds. The molecule has 76 valence electrons. The SMILES string of the molecule is COC(=O)CCNc1nccnc1Cl. The van der Waals surface area contributed by atoms with Crippen molar-refractivity contribution in [3.05, 3.63) is 17.5 Å². The third-order valence-corrected chi connectivity index (χ3v) is 1.78. The topological polar surface area (TPSA) is 64.1 Å². The molecule has 0 atom stereocenters. The number of methoxy groups -OCH3 is 1. The van der Waals surface area contributed by atoms with Gasteiger partial charge in [-0.3, -0.25) is 4.79 Å². The minimum Gasteiger partial charge on any atom is -0.469 e. The molecule has 1 rings (SSSR count). The van der Waals surface area contributed by atoms with Gasteiger partial charge in [0.05, 0.1) is 13.5 Å². The molecule has 0 spiro atoms. The molecule has 14 heavy (non-hydrogen) atoms. The van der Waals surface area contributed by atoms with Crippen LogP contribution >= 0.6 is 11.6 Å². The van der Waals surface area contributed by atoms with E-state index in [1.54, 1.807) is 0 Å². The van der Waals surface area contributed by atoms with E-state index in [9.17, 15) is 4.79 Å². The lowest BCUT2D eigenvalue weighted by atomic mass is 10.4. The number of carbonyl (C=O) groups excluding carboxylic acids is 1. The lowest BCUT2D eigenvalue weighted by molar-refractivity contribution is -0.140. The quantitative estimate of drug-likeness (QED) is 0.763. The second-order valence-corrected chi connectivity index (χ2v) is 2.81. The maximum atomic E-state index is 10.8. The lowest BCUT2D eigenvalue weighted by Crippen LogP contribution is -2.10. The molecule has 0 radical (unpaired) electrons. The van der Waals surface area contributed by atoms with Gasteiger partial charge in [-0.1, -0.05) is 11.6 Å². The Morgan fingerprint density at radius 2 is 2.29 bits per heavy atom. The Balaban J connectivity index is 2.39. The molecule has 1 N–H and O–H groups in total. The van der Waals surface area contributed by atoms with Gasteiger partial charge in [-0.15, -0.1) is 0 Å². The molecule has 1 aromatic heterocycles. The number of halogens is 1. The molecule has 0 aliphatic rings. The first kappa shape index (κ1) is 10.7. The van der Waals surface area contributed by atoms with Gasteiger partial charge in [-0.2, -0.15) is 0 Å². The highest BCUT2D eigenvalue weighted by atomic mass is 35.5. The molecular weight excluding hydrogens is 206 g/mol.